The Morgan fingerprint density at radius 2 is 1.92 bits per heavy atom. The average molecular weight is 361 g/mol. The van der Waals surface area contributed by atoms with Crippen LogP contribution in [-0.4, -0.2) is 24.0 Å². The summed E-state index contributed by atoms with van der Waals surface area (Å²) in [6.45, 7) is 4.76. The van der Waals surface area contributed by atoms with Crippen LogP contribution in [0.3, 0.4) is 0 Å². The predicted molar refractivity (Wildman–Crippen MR) is 81.7 cm³/mol. The second kappa shape index (κ2) is 6.62. The molecule has 1 fully saturated rings. The van der Waals surface area contributed by atoms with Crippen LogP contribution in [0.15, 0.2) is 18.2 Å². The molecule has 2 atom stereocenters. The van der Waals surface area contributed by atoms with E-state index in [4.69, 9.17) is 0 Å². The molecule has 1 aromatic rings. The highest BCUT2D eigenvalue weighted by molar-refractivity contribution is 5.90. The first kappa shape index (κ1) is 19.2. The Morgan fingerprint density at radius 1 is 1.28 bits per heavy atom. The van der Waals surface area contributed by atoms with E-state index in [1.54, 1.807) is 20.8 Å². The van der Waals surface area contributed by atoms with Gasteiger partial charge in [-0.15, -0.1) is 0 Å². The predicted octanol–water partition coefficient (Wildman–Crippen LogP) is 2.02. The van der Waals surface area contributed by atoms with E-state index in [-0.39, 0.29) is 24.1 Å². The molecular weight excluding hydrogens is 342 g/mol. The van der Waals surface area contributed by atoms with Gasteiger partial charge in [-0.3, -0.25) is 14.9 Å². The molecule has 2 rings (SSSR count). The quantitative estimate of drug-likeness (QED) is 0.722. The molecule has 0 spiro atoms. The molecule has 2 amide bonds. The number of benzene rings is 1. The minimum absolute atomic E-state index is 0.0619. The number of carbonyl (C=O) groups is 2. The maximum absolute atomic E-state index is 13.8. The highest BCUT2D eigenvalue weighted by atomic mass is 19.4. The highest BCUT2D eigenvalue weighted by Crippen LogP contribution is 2.33. The van der Waals surface area contributed by atoms with Crippen LogP contribution in [0.25, 0.3) is 0 Å². The van der Waals surface area contributed by atoms with Crippen molar-refractivity contribution in [3.63, 3.8) is 0 Å². The lowest BCUT2D eigenvalue weighted by Gasteiger charge is -2.33. The van der Waals surface area contributed by atoms with Crippen molar-refractivity contribution in [3.05, 3.63) is 35.1 Å². The number of halogens is 4. The number of carbonyl (C=O) groups excluding carboxylic acids is 2. The first-order chi connectivity index (χ1) is 11.4. The Hall–Kier alpha value is -2.16. The fraction of sp³-hybridized carbons (Fsp3) is 0.500. The Labute approximate surface area is 142 Å². The molecule has 1 saturated heterocycles. The van der Waals surface area contributed by atoms with Gasteiger partial charge in [0, 0.05) is 0 Å². The fourth-order valence-electron chi connectivity index (χ4n) is 2.66. The smallest absolute Gasteiger partial charge is 0.346 e. The molecule has 0 aromatic heterocycles. The topological polar surface area (TPSA) is 70.2 Å². The minimum Gasteiger partial charge on any atom is -0.346 e. The van der Waals surface area contributed by atoms with Crippen molar-refractivity contribution in [2.45, 2.75) is 51.1 Å². The summed E-state index contributed by atoms with van der Waals surface area (Å²) in [5.41, 5.74) is -2.31. The number of rotatable bonds is 3. The monoisotopic (exact) mass is 361 g/mol. The summed E-state index contributed by atoms with van der Waals surface area (Å²) in [4.78, 5) is 23.9. The SMILES string of the molecule is CC1NC(=O)CC(C(=O)NC(C)(C)c2ccc(C(F)(F)F)c(F)c2)N1. The molecule has 2 unspecified atom stereocenters. The van der Waals surface area contributed by atoms with Crippen molar-refractivity contribution in [1.29, 1.82) is 0 Å². The summed E-state index contributed by atoms with van der Waals surface area (Å²) in [6.07, 6.45) is -5.23. The second-order valence-electron chi connectivity index (χ2n) is 6.52. The molecule has 0 bridgehead atoms. The third kappa shape index (κ3) is 4.47. The normalized spacial score (nSPS) is 21.6. The number of hydrogen-bond acceptors (Lipinski definition) is 3. The van der Waals surface area contributed by atoms with Gasteiger partial charge >= 0.3 is 6.18 Å². The highest BCUT2D eigenvalue weighted by Gasteiger charge is 2.36. The van der Waals surface area contributed by atoms with E-state index in [0.29, 0.717) is 6.07 Å². The molecule has 0 saturated carbocycles. The number of hydrogen-bond donors (Lipinski definition) is 3. The standard InChI is InChI=1S/C16H19F4N3O2/c1-8-21-12(7-13(24)22-8)14(25)23-15(2,3)9-4-5-10(11(17)6-9)16(18,19)20/h4-6,8,12,21H,7H2,1-3H3,(H,22,24)(H,23,25). The van der Waals surface area contributed by atoms with Crippen molar-refractivity contribution in [2.24, 2.45) is 0 Å². The van der Waals surface area contributed by atoms with E-state index < -0.39 is 35.0 Å². The maximum Gasteiger partial charge on any atom is 0.419 e. The third-order valence-electron chi connectivity index (χ3n) is 3.97. The zero-order valence-electron chi connectivity index (χ0n) is 13.9. The minimum atomic E-state index is -4.79. The molecule has 1 aliphatic rings. The summed E-state index contributed by atoms with van der Waals surface area (Å²) in [5.74, 6) is -2.19. The van der Waals surface area contributed by atoms with Gasteiger partial charge in [0.2, 0.25) is 11.8 Å². The first-order valence-corrected chi connectivity index (χ1v) is 7.65. The van der Waals surface area contributed by atoms with Crippen LogP contribution in [0.1, 0.15) is 38.3 Å². The molecule has 0 radical (unpaired) electrons. The molecule has 5 nitrogen and oxygen atoms in total. The largest absolute Gasteiger partial charge is 0.419 e. The van der Waals surface area contributed by atoms with Gasteiger partial charge in [0.25, 0.3) is 0 Å². The third-order valence-corrected chi connectivity index (χ3v) is 3.97. The van der Waals surface area contributed by atoms with Gasteiger partial charge in [-0.05, 0) is 38.5 Å². The molecule has 138 valence electrons. The first-order valence-electron chi connectivity index (χ1n) is 7.65. The Bertz CT molecular complexity index is 688. The van der Waals surface area contributed by atoms with Crippen LogP contribution in [0.5, 0.6) is 0 Å². The number of amides is 2. The molecule has 1 heterocycles. The fourth-order valence-corrected chi connectivity index (χ4v) is 2.66. The van der Waals surface area contributed by atoms with Gasteiger partial charge in [0.1, 0.15) is 5.82 Å². The summed E-state index contributed by atoms with van der Waals surface area (Å²) in [7, 11) is 0. The van der Waals surface area contributed by atoms with E-state index >= 15 is 0 Å². The van der Waals surface area contributed by atoms with Crippen LogP contribution in [0.4, 0.5) is 17.6 Å². The Kier molecular flexibility index (Phi) is 5.08. The van der Waals surface area contributed by atoms with Crippen molar-refractivity contribution in [3.8, 4) is 0 Å². The lowest BCUT2D eigenvalue weighted by atomic mass is 9.92. The van der Waals surface area contributed by atoms with E-state index in [2.05, 4.69) is 16.0 Å². The van der Waals surface area contributed by atoms with Gasteiger partial charge in [0.05, 0.1) is 29.7 Å². The second-order valence-corrected chi connectivity index (χ2v) is 6.52. The van der Waals surface area contributed by atoms with Crippen LogP contribution in [0.2, 0.25) is 0 Å². The van der Waals surface area contributed by atoms with Crippen LogP contribution in [0, 0.1) is 5.82 Å². The summed E-state index contributed by atoms with van der Waals surface area (Å²) < 4.78 is 51.7. The van der Waals surface area contributed by atoms with Crippen molar-refractivity contribution >= 4 is 11.8 Å². The molecule has 25 heavy (non-hydrogen) atoms. The molecular formula is C16H19F4N3O2. The Morgan fingerprint density at radius 3 is 2.44 bits per heavy atom. The average Bonchev–Trinajstić information content (AvgIpc) is 2.44. The molecule has 1 aromatic carbocycles. The van der Waals surface area contributed by atoms with Gasteiger partial charge < -0.3 is 10.6 Å². The maximum atomic E-state index is 13.8. The summed E-state index contributed by atoms with van der Waals surface area (Å²) in [5, 5.41) is 8.13. The zero-order valence-corrected chi connectivity index (χ0v) is 13.9. The number of nitrogens with one attached hydrogen (secondary N) is 3. The van der Waals surface area contributed by atoms with Gasteiger partial charge in [-0.2, -0.15) is 13.2 Å². The van der Waals surface area contributed by atoms with E-state index in [0.717, 1.165) is 12.1 Å². The lowest BCUT2D eigenvalue weighted by Crippen LogP contribution is -2.61. The van der Waals surface area contributed by atoms with Crippen LogP contribution < -0.4 is 16.0 Å². The van der Waals surface area contributed by atoms with Gasteiger partial charge in [-0.1, -0.05) is 6.07 Å². The molecule has 3 N–H and O–H groups in total. The zero-order chi connectivity index (χ0) is 19.0. The van der Waals surface area contributed by atoms with Gasteiger partial charge in [0.15, 0.2) is 0 Å². The Balaban J connectivity index is 2.17. The summed E-state index contributed by atoms with van der Waals surface area (Å²) >= 11 is 0. The lowest BCUT2D eigenvalue weighted by molar-refractivity contribution is -0.140. The molecule has 9 heteroatoms. The van der Waals surface area contributed by atoms with Gasteiger partial charge in [-0.25, -0.2) is 4.39 Å². The molecule has 1 aliphatic heterocycles. The van der Waals surface area contributed by atoms with Crippen LogP contribution in [-0.2, 0) is 21.3 Å². The number of alkyl halides is 3. The van der Waals surface area contributed by atoms with E-state index in [9.17, 15) is 27.2 Å². The van der Waals surface area contributed by atoms with Crippen molar-refractivity contribution in [1.82, 2.24) is 16.0 Å². The van der Waals surface area contributed by atoms with Crippen molar-refractivity contribution in [2.75, 3.05) is 0 Å². The summed E-state index contributed by atoms with van der Waals surface area (Å²) in [6, 6.07) is 1.75. The van der Waals surface area contributed by atoms with E-state index in [1.165, 1.54) is 0 Å². The van der Waals surface area contributed by atoms with Crippen molar-refractivity contribution < 1.29 is 27.2 Å². The molecule has 0 aliphatic carbocycles. The van der Waals surface area contributed by atoms with E-state index in [1.807, 2.05) is 0 Å². The van der Waals surface area contributed by atoms with Crippen LogP contribution >= 0.6 is 0 Å².